The molecule has 0 aromatic rings. The predicted molar refractivity (Wildman–Crippen MR) is 52.4 cm³/mol. The Kier molecular flexibility index (Phi) is 5.29. The van der Waals surface area contributed by atoms with Crippen molar-refractivity contribution in [2.24, 2.45) is 0 Å². The maximum absolute atomic E-state index is 9.44. The molecule has 0 unspecified atom stereocenters. The van der Waals surface area contributed by atoms with Crippen LogP contribution in [0.25, 0.3) is 0 Å². The van der Waals surface area contributed by atoms with E-state index in [1.807, 2.05) is 0 Å². The third-order valence-electron chi connectivity index (χ3n) is 1.54. The Hall–Kier alpha value is 0.234. The molecule has 0 atom stereocenters. The molecule has 13 heavy (non-hydrogen) atoms. The molecule has 0 radical (unpaired) electrons. The Balaban J connectivity index is 4.11. The lowest BCUT2D eigenvalue weighted by molar-refractivity contribution is 0.0930. The second kappa shape index (κ2) is 5.20. The Morgan fingerprint density at radius 3 is 1.62 bits per heavy atom. The minimum atomic E-state index is -2.67. The molecule has 0 aliphatic carbocycles. The summed E-state index contributed by atoms with van der Waals surface area (Å²) in [7, 11) is -0.670. The van der Waals surface area contributed by atoms with E-state index in [0.29, 0.717) is 0 Å². The maximum Gasteiger partial charge on any atom is 0.526 e. The van der Waals surface area contributed by atoms with Crippen LogP contribution in [0, 0.1) is 0 Å². The number of rotatable bonds is 6. The quantitative estimate of drug-likeness (QED) is 0.652. The fourth-order valence-corrected chi connectivity index (χ4v) is 3.67. The fraction of sp³-hybridized carbons (Fsp3) is 1.00. The van der Waals surface area contributed by atoms with Crippen LogP contribution in [-0.2, 0) is 17.7 Å². The van der Waals surface area contributed by atoms with Crippen LogP contribution in [0.4, 0.5) is 0 Å². The van der Waals surface area contributed by atoms with Gasteiger partial charge >= 0.3 is 17.4 Å². The minimum Gasteiger partial charge on any atom is -0.411 e. The van der Waals surface area contributed by atoms with E-state index in [9.17, 15) is 4.80 Å². The Morgan fingerprint density at radius 1 is 1.00 bits per heavy atom. The van der Waals surface area contributed by atoms with Gasteiger partial charge in [-0.2, -0.15) is 0 Å². The van der Waals surface area contributed by atoms with Gasteiger partial charge in [0.05, 0.1) is 0 Å². The average Bonchev–Trinajstić information content (AvgIpc) is 2.06. The maximum atomic E-state index is 9.44. The summed E-state index contributed by atoms with van der Waals surface area (Å²) in [5, 5.41) is 0. The van der Waals surface area contributed by atoms with Gasteiger partial charge in [0.2, 0.25) is 0 Å². The highest BCUT2D eigenvalue weighted by Crippen LogP contribution is 2.09. The third kappa shape index (κ3) is 4.86. The lowest BCUT2D eigenvalue weighted by Gasteiger charge is -2.26. The van der Waals surface area contributed by atoms with Crippen molar-refractivity contribution < 1.29 is 22.5 Å². The summed E-state index contributed by atoms with van der Waals surface area (Å²) in [4.78, 5) is 9.44. The van der Waals surface area contributed by atoms with E-state index in [2.05, 4.69) is 0 Å². The van der Waals surface area contributed by atoms with E-state index in [-0.39, 0.29) is 6.23 Å². The summed E-state index contributed by atoms with van der Waals surface area (Å²) in [6.07, 6.45) is 0.187. The molecule has 0 rings (SSSR count). The molecular weight excluding hydrogens is 208 g/mol. The van der Waals surface area contributed by atoms with E-state index in [0.717, 1.165) is 0 Å². The summed E-state index contributed by atoms with van der Waals surface area (Å²) < 4.78 is 20.6. The fourth-order valence-electron chi connectivity index (χ4n) is 0.692. The molecule has 0 saturated heterocycles. The molecule has 0 spiro atoms. The van der Waals surface area contributed by atoms with E-state index >= 15 is 0 Å². The molecule has 0 saturated carbocycles. The standard InChI is InChI=1S/C6H18O5Si2/c1-8-13(9-2,10-3)6-11-12(4,5)7/h7H,6H2,1-5H3. The first-order valence-corrected chi connectivity index (χ1v) is 8.69. The van der Waals surface area contributed by atoms with E-state index in [1.54, 1.807) is 13.1 Å². The van der Waals surface area contributed by atoms with Crippen LogP contribution in [0.2, 0.25) is 13.1 Å². The van der Waals surface area contributed by atoms with Crippen molar-refractivity contribution in [2.75, 3.05) is 27.6 Å². The van der Waals surface area contributed by atoms with Gasteiger partial charge in [-0.3, -0.25) is 0 Å². The van der Waals surface area contributed by atoms with E-state index < -0.39 is 17.4 Å². The zero-order valence-electron chi connectivity index (χ0n) is 8.79. The molecule has 0 aliphatic rings. The third-order valence-corrected chi connectivity index (χ3v) is 5.04. The van der Waals surface area contributed by atoms with Crippen LogP contribution in [0.1, 0.15) is 0 Å². The predicted octanol–water partition coefficient (Wildman–Crippen LogP) is 0.114. The summed E-state index contributed by atoms with van der Waals surface area (Å²) in [5.41, 5.74) is 0. The van der Waals surface area contributed by atoms with Crippen LogP contribution in [-0.4, -0.2) is 49.7 Å². The molecule has 5 nitrogen and oxygen atoms in total. The first-order valence-electron chi connectivity index (χ1n) is 3.91. The van der Waals surface area contributed by atoms with Crippen molar-refractivity contribution in [1.82, 2.24) is 0 Å². The highest BCUT2D eigenvalue weighted by Gasteiger charge is 2.40. The van der Waals surface area contributed by atoms with Crippen molar-refractivity contribution in [3.05, 3.63) is 0 Å². The summed E-state index contributed by atoms with van der Waals surface area (Å²) in [5.74, 6) is 0. The first kappa shape index (κ1) is 13.2. The lowest BCUT2D eigenvalue weighted by Crippen LogP contribution is -2.51. The highest BCUT2D eigenvalue weighted by atomic mass is 28.4. The Labute approximate surface area is 81.2 Å². The molecule has 80 valence electrons. The zero-order valence-corrected chi connectivity index (χ0v) is 10.8. The van der Waals surface area contributed by atoms with Crippen molar-refractivity contribution in [3.63, 3.8) is 0 Å². The van der Waals surface area contributed by atoms with Crippen molar-refractivity contribution >= 4 is 17.4 Å². The molecule has 0 aliphatic heterocycles. The van der Waals surface area contributed by atoms with Gasteiger partial charge < -0.3 is 22.5 Å². The van der Waals surface area contributed by atoms with Gasteiger partial charge in [-0.25, -0.2) is 0 Å². The zero-order chi connectivity index (χ0) is 10.5. The molecule has 0 aromatic heterocycles. The molecular formula is C6H18O5Si2. The first-order chi connectivity index (χ1) is 5.89. The van der Waals surface area contributed by atoms with Crippen molar-refractivity contribution in [2.45, 2.75) is 13.1 Å². The molecule has 0 aromatic carbocycles. The van der Waals surface area contributed by atoms with Crippen molar-refractivity contribution in [3.8, 4) is 0 Å². The summed E-state index contributed by atoms with van der Waals surface area (Å²) >= 11 is 0. The number of hydrogen-bond acceptors (Lipinski definition) is 5. The second-order valence-corrected chi connectivity index (χ2v) is 9.09. The second-order valence-electron chi connectivity index (χ2n) is 3.03. The monoisotopic (exact) mass is 226 g/mol. The molecule has 1 N–H and O–H groups in total. The van der Waals surface area contributed by atoms with Crippen LogP contribution in [0.3, 0.4) is 0 Å². The van der Waals surface area contributed by atoms with E-state index in [1.165, 1.54) is 21.3 Å². The van der Waals surface area contributed by atoms with Crippen LogP contribution >= 0.6 is 0 Å². The van der Waals surface area contributed by atoms with Crippen LogP contribution in [0.5, 0.6) is 0 Å². The Morgan fingerprint density at radius 2 is 1.38 bits per heavy atom. The number of hydrogen-bond donors (Lipinski definition) is 1. The van der Waals surface area contributed by atoms with Crippen molar-refractivity contribution in [1.29, 1.82) is 0 Å². The molecule has 0 amide bonds. The molecule has 0 heterocycles. The van der Waals surface area contributed by atoms with Gasteiger partial charge in [0.1, 0.15) is 6.23 Å². The van der Waals surface area contributed by atoms with Crippen LogP contribution < -0.4 is 0 Å². The lowest BCUT2D eigenvalue weighted by atomic mass is 11.7. The largest absolute Gasteiger partial charge is 0.526 e. The molecule has 0 bridgehead atoms. The topological polar surface area (TPSA) is 57.2 Å². The van der Waals surface area contributed by atoms with Gasteiger partial charge in [0.15, 0.2) is 0 Å². The van der Waals surface area contributed by atoms with E-state index in [4.69, 9.17) is 17.7 Å². The smallest absolute Gasteiger partial charge is 0.411 e. The summed E-state index contributed by atoms with van der Waals surface area (Å²) in [6.45, 7) is 3.35. The van der Waals surface area contributed by atoms with Gasteiger partial charge in [0, 0.05) is 21.3 Å². The normalized spacial score (nSPS) is 13.4. The summed E-state index contributed by atoms with van der Waals surface area (Å²) in [6, 6.07) is 0. The van der Waals surface area contributed by atoms with Gasteiger partial charge in [0.25, 0.3) is 0 Å². The SMILES string of the molecule is CO[Si](CO[Si](C)(C)O)(OC)OC. The molecule has 7 heteroatoms. The van der Waals surface area contributed by atoms with Gasteiger partial charge in [-0.15, -0.1) is 0 Å². The van der Waals surface area contributed by atoms with Gasteiger partial charge in [-0.05, 0) is 13.1 Å². The minimum absolute atomic E-state index is 0.187. The Bertz CT molecular complexity index is 134. The average molecular weight is 226 g/mol. The molecule has 0 fully saturated rings. The van der Waals surface area contributed by atoms with Gasteiger partial charge in [-0.1, -0.05) is 0 Å². The van der Waals surface area contributed by atoms with Crippen LogP contribution in [0.15, 0.2) is 0 Å². The highest BCUT2D eigenvalue weighted by molar-refractivity contribution is 6.66.